The Morgan fingerprint density at radius 3 is 2.73 bits per heavy atom. The van der Waals surface area contributed by atoms with Gasteiger partial charge < -0.3 is 15.3 Å². The molecule has 0 aliphatic carbocycles. The fourth-order valence-electron chi connectivity index (χ4n) is 2.48. The minimum absolute atomic E-state index is 0.0157. The molecule has 5 heteroatoms. The van der Waals surface area contributed by atoms with E-state index >= 15 is 0 Å². The summed E-state index contributed by atoms with van der Waals surface area (Å²) in [6, 6.07) is 5.76. The summed E-state index contributed by atoms with van der Waals surface area (Å²) in [7, 11) is 0. The van der Waals surface area contributed by atoms with Crippen molar-refractivity contribution in [3.63, 3.8) is 0 Å². The molecule has 2 N–H and O–H groups in total. The van der Waals surface area contributed by atoms with Crippen LogP contribution in [0.2, 0.25) is 0 Å². The average Bonchev–Trinajstić information content (AvgIpc) is 2.89. The number of rotatable bonds is 3. The first kappa shape index (κ1) is 16.5. The lowest BCUT2D eigenvalue weighted by Gasteiger charge is -2.28. The highest BCUT2D eigenvalue weighted by molar-refractivity contribution is 6.40. The van der Waals surface area contributed by atoms with Gasteiger partial charge in [0.25, 0.3) is 0 Å². The second-order valence-corrected chi connectivity index (χ2v) is 6.47. The van der Waals surface area contributed by atoms with Crippen molar-refractivity contribution in [2.45, 2.75) is 39.7 Å². The number of nitrogens with one attached hydrogen (secondary N) is 1. The topological polar surface area (TPSA) is 69.6 Å². The molecular formula is C17H24N2O3. The number of nitrogens with zero attached hydrogens (tertiary/aromatic N) is 1. The van der Waals surface area contributed by atoms with Gasteiger partial charge in [-0.1, -0.05) is 26.0 Å². The van der Waals surface area contributed by atoms with Crippen LogP contribution in [-0.4, -0.2) is 35.6 Å². The van der Waals surface area contributed by atoms with Crippen LogP contribution in [0.5, 0.6) is 0 Å². The minimum Gasteiger partial charge on any atom is -0.388 e. The number of hydrogen-bond donors (Lipinski definition) is 2. The Balaban J connectivity index is 2.05. The molecule has 0 radical (unpaired) electrons. The Bertz CT molecular complexity index is 594. The fraction of sp³-hybridized carbons (Fsp3) is 0.529. The molecule has 0 bridgehead atoms. The fourth-order valence-corrected chi connectivity index (χ4v) is 2.48. The summed E-state index contributed by atoms with van der Waals surface area (Å²) in [6.45, 7) is 7.97. The molecule has 1 aromatic carbocycles. The van der Waals surface area contributed by atoms with Crippen molar-refractivity contribution in [3.8, 4) is 0 Å². The van der Waals surface area contributed by atoms with E-state index in [9.17, 15) is 14.7 Å². The third-order valence-corrected chi connectivity index (χ3v) is 4.55. The standard InChI is InChI=1S/C17H24N2O3/c1-11(2)17(4,22)10-18-15(20)16(21)19-9-8-13-12(3)6-5-7-14(13)19/h5-7,11,22H,8-10H2,1-4H3,(H,18,20). The van der Waals surface area contributed by atoms with Crippen molar-refractivity contribution in [1.29, 1.82) is 0 Å². The Labute approximate surface area is 131 Å². The Morgan fingerprint density at radius 1 is 1.41 bits per heavy atom. The molecule has 120 valence electrons. The van der Waals surface area contributed by atoms with Gasteiger partial charge in [-0.3, -0.25) is 9.59 Å². The number of fused-ring (bicyclic) bond motifs is 1. The predicted octanol–water partition coefficient (Wildman–Crippen LogP) is 1.41. The van der Waals surface area contributed by atoms with Gasteiger partial charge in [-0.05, 0) is 43.4 Å². The van der Waals surface area contributed by atoms with E-state index in [0.29, 0.717) is 6.54 Å². The van der Waals surface area contributed by atoms with Gasteiger partial charge in [0.2, 0.25) is 0 Å². The lowest BCUT2D eigenvalue weighted by Crippen LogP contribution is -2.49. The third-order valence-electron chi connectivity index (χ3n) is 4.55. The number of carbonyl (C=O) groups is 2. The molecule has 2 rings (SSSR count). The average molecular weight is 304 g/mol. The molecule has 0 saturated heterocycles. The normalized spacial score (nSPS) is 16.4. The second kappa shape index (κ2) is 6.08. The highest BCUT2D eigenvalue weighted by Gasteiger charge is 2.32. The maximum atomic E-state index is 12.3. The van der Waals surface area contributed by atoms with Crippen molar-refractivity contribution < 1.29 is 14.7 Å². The molecule has 5 nitrogen and oxygen atoms in total. The number of benzene rings is 1. The van der Waals surface area contributed by atoms with Gasteiger partial charge >= 0.3 is 11.8 Å². The van der Waals surface area contributed by atoms with E-state index in [4.69, 9.17) is 0 Å². The summed E-state index contributed by atoms with van der Waals surface area (Å²) in [4.78, 5) is 25.9. The van der Waals surface area contributed by atoms with Gasteiger partial charge in [0.15, 0.2) is 0 Å². The molecule has 2 amide bonds. The quantitative estimate of drug-likeness (QED) is 0.830. The van der Waals surface area contributed by atoms with Crippen LogP contribution in [0, 0.1) is 12.8 Å². The molecule has 1 aliphatic rings. The van der Waals surface area contributed by atoms with E-state index in [-0.39, 0.29) is 12.5 Å². The van der Waals surface area contributed by atoms with Gasteiger partial charge in [-0.15, -0.1) is 0 Å². The molecule has 1 aliphatic heterocycles. The van der Waals surface area contributed by atoms with Crippen LogP contribution >= 0.6 is 0 Å². The first-order valence-electron chi connectivity index (χ1n) is 7.64. The monoisotopic (exact) mass is 304 g/mol. The molecule has 0 saturated carbocycles. The highest BCUT2D eigenvalue weighted by Crippen LogP contribution is 2.30. The summed E-state index contributed by atoms with van der Waals surface area (Å²) in [5, 5.41) is 12.7. The van der Waals surface area contributed by atoms with Crippen LogP contribution in [0.4, 0.5) is 5.69 Å². The summed E-state index contributed by atoms with van der Waals surface area (Å²) in [6.07, 6.45) is 0.769. The molecular weight excluding hydrogens is 280 g/mol. The van der Waals surface area contributed by atoms with Crippen molar-refractivity contribution in [2.75, 3.05) is 18.0 Å². The molecule has 0 fully saturated rings. The number of anilines is 1. The molecule has 0 aromatic heterocycles. The largest absolute Gasteiger partial charge is 0.388 e. The molecule has 1 heterocycles. The smallest absolute Gasteiger partial charge is 0.316 e. The first-order valence-corrected chi connectivity index (χ1v) is 7.64. The lowest BCUT2D eigenvalue weighted by atomic mass is 9.92. The van der Waals surface area contributed by atoms with Crippen LogP contribution in [0.25, 0.3) is 0 Å². The van der Waals surface area contributed by atoms with E-state index < -0.39 is 17.4 Å². The SMILES string of the molecule is Cc1cccc2c1CCN2C(=O)C(=O)NCC(C)(O)C(C)C. The highest BCUT2D eigenvalue weighted by atomic mass is 16.3. The number of aliphatic hydroxyl groups is 1. The predicted molar refractivity (Wildman–Crippen MR) is 85.7 cm³/mol. The zero-order valence-electron chi connectivity index (χ0n) is 13.6. The van der Waals surface area contributed by atoms with Crippen molar-refractivity contribution in [3.05, 3.63) is 29.3 Å². The van der Waals surface area contributed by atoms with Crippen molar-refractivity contribution in [2.24, 2.45) is 5.92 Å². The maximum Gasteiger partial charge on any atom is 0.316 e. The van der Waals surface area contributed by atoms with Gasteiger partial charge in [-0.2, -0.15) is 0 Å². The zero-order chi connectivity index (χ0) is 16.5. The lowest BCUT2D eigenvalue weighted by molar-refractivity contribution is -0.138. The Kier molecular flexibility index (Phi) is 4.56. The molecule has 0 spiro atoms. The summed E-state index contributed by atoms with van der Waals surface area (Å²) >= 11 is 0. The van der Waals surface area contributed by atoms with Crippen molar-refractivity contribution in [1.82, 2.24) is 5.32 Å². The second-order valence-electron chi connectivity index (χ2n) is 6.47. The van der Waals surface area contributed by atoms with Gasteiger partial charge in [-0.25, -0.2) is 0 Å². The zero-order valence-corrected chi connectivity index (χ0v) is 13.6. The van der Waals surface area contributed by atoms with E-state index in [0.717, 1.165) is 23.2 Å². The van der Waals surface area contributed by atoms with E-state index in [1.54, 1.807) is 6.92 Å². The van der Waals surface area contributed by atoms with Crippen LogP contribution in [-0.2, 0) is 16.0 Å². The number of aryl methyl sites for hydroxylation is 1. The van der Waals surface area contributed by atoms with Crippen LogP contribution in [0.3, 0.4) is 0 Å². The Morgan fingerprint density at radius 2 is 2.09 bits per heavy atom. The summed E-state index contributed by atoms with van der Waals surface area (Å²) < 4.78 is 0. The van der Waals surface area contributed by atoms with E-state index in [2.05, 4.69) is 5.32 Å². The molecule has 1 aromatic rings. The molecule has 1 unspecified atom stereocenters. The third kappa shape index (κ3) is 3.14. The summed E-state index contributed by atoms with van der Waals surface area (Å²) in [5.74, 6) is -1.25. The minimum atomic E-state index is -1.03. The van der Waals surface area contributed by atoms with Gasteiger partial charge in [0.05, 0.1) is 5.60 Å². The Hall–Kier alpha value is -1.88. The van der Waals surface area contributed by atoms with Crippen LogP contribution in [0.1, 0.15) is 31.9 Å². The van der Waals surface area contributed by atoms with E-state index in [1.165, 1.54) is 4.90 Å². The maximum absolute atomic E-state index is 12.3. The van der Waals surface area contributed by atoms with Crippen LogP contribution in [0.15, 0.2) is 18.2 Å². The number of amides is 2. The van der Waals surface area contributed by atoms with Crippen molar-refractivity contribution >= 4 is 17.5 Å². The van der Waals surface area contributed by atoms with Crippen LogP contribution < -0.4 is 10.2 Å². The molecule has 22 heavy (non-hydrogen) atoms. The number of carbonyl (C=O) groups excluding carboxylic acids is 2. The molecule has 1 atom stereocenters. The van der Waals surface area contributed by atoms with Gasteiger partial charge in [0.1, 0.15) is 0 Å². The van der Waals surface area contributed by atoms with E-state index in [1.807, 2.05) is 39.0 Å². The summed E-state index contributed by atoms with van der Waals surface area (Å²) in [5.41, 5.74) is 2.04. The first-order chi connectivity index (χ1) is 10.2. The van der Waals surface area contributed by atoms with Gasteiger partial charge in [0, 0.05) is 18.8 Å². The number of hydrogen-bond acceptors (Lipinski definition) is 3.